The maximum atomic E-state index is 13.4. The molecule has 1 heteroatoms. The topological polar surface area (TPSA) is 0 Å². The Bertz CT molecular complexity index is 130. The molecule has 1 atom stereocenters. The monoisotopic (exact) mass is 174 g/mol. The fraction of sp³-hybridized carbons (Fsp3) is 1.00. The summed E-state index contributed by atoms with van der Waals surface area (Å²) in [6.07, 6.45) is 2.08. The molecule has 0 fully saturated rings. The molecule has 0 aromatic heterocycles. The first-order chi connectivity index (χ1) is 5.19. The van der Waals surface area contributed by atoms with Gasteiger partial charge in [0.2, 0.25) is 0 Å². The Kier molecular flexibility index (Phi) is 3.74. The summed E-state index contributed by atoms with van der Waals surface area (Å²) in [5.41, 5.74) is -0.755. The van der Waals surface area contributed by atoms with Crippen LogP contribution in [-0.2, 0) is 0 Å². The van der Waals surface area contributed by atoms with Crippen LogP contribution in [0.3, 0.4) is 0 Å². The summed E-state index contributed by atoms with van der Waals surface area (Å²) < 4.78 is 13.4. The van der Waals surface area contributed by atoms with E-state index >= 15 is 0 Å². The second kappa shape index (κ2) is 3.76. The standard InChI is InChI=1S/C11H23F/c1-7-10(3,4)8-9(2)11(5,6)12/h9H,7-8H2,1-6H3. The fourth-order valence-electron chi connectivity index (χ4n) is 1.22. The van der Waals surface area contributed by atoms with Crippen LogP contribution in [0.25, 0.3) is 0 Å². The van der Waals surface area contributed by atoms with E-state index < -0.39 is 5.67 Å². The van der Waals surface area contributed by atoms with Gasteiger partial charge in [-0.05, 0) is 31.6 Å². The molecule has 0 aromatic rings. The molecule has 0 saturated heterocycles. The third-order valence-electron chi connectivity index (χ3n) is 2.99. The second-order valence-electron chi connectivity index (χ2n) is 5.19. The van der Waals surface area contributed by atoms with Crippen LogP contribution < -0.4 is 0 Å². The fourth-order valence-corrected chi connectivity index (χ4v) is 1.22. The summed E-state index contributed by atoms with van der Waals surface area (Å²) in [5, 5.41) is 0. The molecular formula is C11H23F. The summed E-state index contributed by atoms with van der Waals surface area (Å²) in [6.45, 7) is 11.9. The zero-order valence-electron chi connectivity index (χ0n) is 9.37. The molecule has 0 bridgehead atoms. The number of hydrogen-bond donors (Lipinski definition) is 0. The Hall–Kier alpha value is -0.0700. The van der Waals surface area contributed by atoms with Gasteiger partial charge in [-0.25, -0.2) is 4.39 Å². The first kappa shape index (κ1) is 11.9. The van der Waals surface area contributed by atoms with Gasteiger partial charge in [-0.1, -0.05) is 34.1 Å². The third kappa shape index (κ3) is 4.08. The normalized spacial score (nSPS) is 16.2. The highest BCUT2D eigenvalue weighted by molar-refractivity contribution is 4.79. The lowest BCUT2D eigenvalue weighted by Gasteiger charge is -2.31. The molecule has 0 saturated carbocycles. The van der Waals surface area contributed by atoms with Crippen molar-refractivity contribution in [3.05, 3.63) is 0 Å². The van der Waals surface area contributed by atoms with E-state index in [2.05, 4.69) is 20.8 Å². The molecule has 0 N–H and O–H groups in total. The molecule has 0 aliphatic rings. The van der Waals surface area contributed by atoms with Crippen molar-refractivity contribution in [1.29, 1.82) is 0 Å². The Morgan fingerprint density at radius 1 is 1.17 bits per heavy atom. The molecule has 12 heavy (non-hydrogen) atoms. The Labute approximate surface area is 76.6 Å². The van der Waals surface area contributed by atoms with Crippen LogP contribution in [0.5, 0.6) is 0 Å². The van der Waals surface area contributed by atoms with Crippen molar-refractivity contribution in [3.8, 4) is 0 Å². The van der Waals surface area contributed by atoms with Crippen molar-refractivity contribution >= 4 is 0 Å². The Morgan fingerprint density at radius 2 is 1.58 bits per heavy atom. The molecule has 74 valence electrons. The molecule has 0 nitrogen and oxygen atoms in total. The molecule has 1 unspecified atom stereocenters. The lowest BCUT2D eigenvalue weighted by molar-refractivity contribution is 0.0951. The van der Waals surface area contributed by atoms with Gasteiger partial charge in [-0.3, -0.25) is 0 Å². The summed E-state index contributed by atoms with van der Waals surface area (Å²) in [6, 6.07) is 0. The first-order valence-corrected chi connectivity index (χ1v) is 4.88. The van der Waals surface area contributed by atoms with E-state index in [0.717, 1.165) is 12.8 Å². The number of halogens is 1. The molecule has 0 heterocycles. The van der Waals surface area contributed by atoms with Crippen molar-refractivity contribution in [2.24, 2.45) is 11.3 Å². The first-order valence-electron chi connectivity index (χ1n) is 4.88. The van der Waals surface area contributed by atoms with Crippen LogP contribution in [-0.4, -0.2) is 5.67 Å². The van der Waals surface area contributed by atoms with Crippen molar-refractivity contribution in [2.45, 2.75) is 60.1 Å². The molecule has 0 rings (SSSR count). The lowest BCUT2D eigenvalue weighted by atomic mass is 9.77. The maximum Gasteiger partial charge on any atom is 0.108 e. The van der Waals surface area contributed by atoms with Gasteiger partial charge in [0.1, 0.15) is 5.67 Å². The summed E-state index contributed by atoms with van der Waals surface area (Å²) in [7, 11) is 0. The van der Waals surface area contributed by atoms with Crippen LogP contribution in [0.1, 0.15) is 54.4 Å². The van der Waals surface area contributed by atoms with Gasteiger partial charge < -0.3 is 0 Å². The zero-order valence-corrected chi connectivity index (χ0v) is 9.37. The van der Waals surface area contributed by atoms with Gasteiger partial charge in [0, 0.05) is 0 Å². The molecule has 0 aliphatic carbocycles. The van der Waals surface area contributed by atoms with Crippen molar-refractivity contribution in [3.63, 3.8) is 0 Å². The summed E-state index contributed by atoms with van der Waals surface area (Å²) in [4.78, 5) is 0. The van der Waals surface area contributed by atoms with Gasteiger partial charge in [-0.15, -0.1) is 0 Å². The van der Waals surface area contributed by atoms with Crippen molar-refractivity contribution in [2.75, 3.05) is 0 Å². The van der Waals surface area contributed by atoms with E-state index in [4.69, 9.17) is 0 Å². The largest absolute Gasteiger partial charge is 0.244 e. The van der Waals surface area contributed by atoms with Crippen LogP contribution in [0.2, 0.25) is 0 Å². The Morgan fingerprint density at radius 3 is 1.83 bits per heavy atom. The predicted molar refractivity (Wildman–Crippen MR) is 53.0 cm³/mol. The number of rotatable bonds is 4. The van der Waals surface area contributed by atoms with E-state index in [-0.39, 0.29) is 11.3 Å². The molecule has 0 spiro atoms. The van der Waals surface area contributed by atoms with Gasteiger partial charge in [0.15, 0.2) is 0 Å². The quantitative estimate of drug-likeness (QED) is 0.599. The van der Waals surface area contributed by atoms with Gasteiger partial charge in [0.25, 0.3) is 0 Å². The average Bonchev–Trinajstić information content (AvgIpc) is 1.85. The average molecular weight is 174 g/mol. The van der Waals surface area contributed by atoms with Crippen LogP contribution in [0, 0.1) is 11.3 Å². The van der Waals surface area contributed by atoms with Crippen LogP contribution in [0.4, 0.5) is 4.39 Å². The highest BCUT2D eigenvalue weighted by Gasteiger charge is 2.29. The molecular weight excluding hydrogens is 151 g/mol. The molecule has 0 radical (unpaired) electrons. The number of alkyl halides is 1. The maximum absolute atomic E-state index is 13.4. The summed E-state index contributed by atoms with van der Waals surface area (Å²) >= 11 is 0. The van der Waals surface area contributed by atoms with Crippen molar-refractivity contribution in [1.82, 2.24) is 0 Å². The molecule has 0 aromatic carbocycles. The second-order valence-corrected chi connectivity index (χ2v) is 5.19. The van der Waals surface area contributed by atoms with Gasteiger partial charge in [0.05, 0.1) is 0 Å². The highest BCUT2D eigenvalue weighted by Crippen LogP contribution is 2.34. The lowest BCUT2D eigenvalue weighted by Crippen LogP contribution is -2.28. The van der Waals surface area contributed by atoms with Gasteiger partial charge in [-0.2, -0.15) is 0 Å². The number of hydrogen-bond acceptors (Lipinski definition) is 0. The van der Waals surface area contributed by atoms with Crippen molar-refractivity contribution < 1.29 is 4.39 Å². The minimum atomic E-state index is -1.04. The summed E-state index contributed by atoms with van der Waals surface area (Å²) in [5.74, 6) is 0.146. The highest BCUT2D eigenvalue weighted by atomic mass is 19.1. The van der Waals surface area contributed by atoms with E-state index in [1.807, 2.05) is 6.92 Å². The SMILES string of the molecule is CCC(C)(C)CC(C)C(C)(C)F. The third-order valence-corrected chi connectivity index (χ3v) is 2.99. The van der Waals surface area contributed by atoms with Gasteiger partial charge >= 0.3 is 0 Å². The van der Waals surface area contributed by atoms with E-state index in [0.29, 0.717) is 0 Å². The smallest absolute Gasteiger partial charge is 0.108 e. The zero-order chi connectivity index (χ0) is 9.99. The minimum absolute atomic E-state index is 0.146. The molecule has 0 aliphatic heterocycles. The van der Waals surface area contributed by atoms with Crippen LogP contribution in [0.15, 0.2) is 0 Å². The van der Waals surface area contributed by atoms with E-state index in [1.54, 1.807) is 13.8 Å². The Balaban J connectivity index is 4.09. The minimum Gasteiger partial charge on any atom is -0.244 e. The predicted octanol–water partition coefficient (Wildman–Crippen LogP) is 4.20. The molecule has 0 amide bonds. The van der Waals surface area contributed by atoms with E-state index in [1.165, 1.54) is 0 Å². The van der Waals surface area contributed by atoms with Crippen LogP contribution >= 0.6 is 0 Å². The van der Waals surface area contributed by atoms with E-state index in [9.17, 15) is 4.39 Å².